The quantitative estimate of drug-likeness (QED) is 0.358. The van der Waals surface area contributed by atoms with E-state index in [-0.39, 0.29) is 11.5 Å². The molecule has 4 nitrogen and oxygen atoms in total. The Hall–Kier alpha value is -1.79. The molecule has 1 aromatic heterocycles. The average molecular weight is 471 g/mol. The number of thioether (sulfide) groups is 1. The second-order valence-corrected chi connectivity index (χ2v) is 10.9. The van der Waals surface area contributed by atoms with Gasteiger partial charge in [-0.25, -0.2) is 4.98 Å². The second kappa shape index (κ2) is 10.0. The van der Waals surface area contributed by atoms with Crippen molar-refractivity contribution >= 4 is 23.4 Å². The largest absolute Gasteiger partial charge is 0.345 e. The molecule has 1 aliphatic rings. The van der Waals surface area contributed by atoms with Gasteiger partial charge < -0.3 is 14.0 Å². The summed E-state index contributed by atoms with van der Waals surface area (Å²) in [5, 5.41) is 0.753. The molecule has 2 heterocycles. The minimum absolute atomic E-state index is 0.0519. The molecule has 2 aromatic carbocycles. The summed E-state index contributed by atoms with van der Waals surface area (Å²) < 4.78 is 14.9. The molecule has 2 atom stereocenters. The Morgan fingerprint density at radius 2 is 1.88 bits per heavy atom. The number of aromatic nitrogens is 2. The standard InChI is InChI=1S/C26H31ClN2O2S/c1-25(2,3)21-6-10-24(11-7-21)32-17-23-16-30-26(31-23,18-29-15-14-28-19-29)13-12-20-4-8-22(27)9-5-20/h4-11,14-15,19,23H,12-13,16-18H2,1-3H3. The van der Waals surface area contributed by atoms with Crippen molar-refractivity contribution in [3.8, 4) is 0 Å². The Morgan fingerprint density at radius 3 is 2.53 bits per heavy atom. The maximum absolute atomic E-state index is 6.55. The number of nitrogens with zero attached hydrogens (tertiary/aromatic N) is 2. The fourth-order valence-electron chi connectivity index (χ4n) is 3.88. The van der Waals surface area contributed by atoms with Crippen molar-refractivity contribution < 1.29 is 9.47 Å². The van der Waals surface area contributed by atoms with Gasteiger partial charge in [-0.3, -0.25) is 0 Å². The fraction of sp³-hybridized carbons (Fsp3) is 0.423. The smallest absolute Gasteiger partial charge is 0.187 e. The zero-order chi connectivity index (χ0) is 22.6. The van der Waals surface area contributed by atoms with E-state index in [4.69, 9.17) is 21.1 Å². The molecule has 32 heavy (non-hydrogen) atoms. The first-order chi connectivity index (χ1) is 15.3. The van der Waals surface area contributed by atoms with Gasteiger partial charge >= 0.3 is 0 Å². The van der Waals surface area contributed by atoms with Crippen LogP contribution in [0.3, 0.4) is 0 Å². The van der Waals surface area contributed by atoms with E-state index in [2.05, 4.69) is 62.2 Å². The third kappa shape index (κ3) is 6.16. The van der Waals surface area contributed by atoms with Crippen molar-refractivity contribution in [2.24, 2.45) is 0 Å². The van der Waals surface area contributed by atoms with Crippen LogP contribution in [0.4, 0.5) is 0 Å². The topological polar surface area (TPSA) is 36.3 Å². The molecule has 0 saturated carbocycles. The predicted octanol–water partition coefficient (Wildman–Crippen LogP) is 6.37. The Bertz CT molecular complexity index is 984. The van der Waals surface area contributed by atoms with E-state index in [1.165, 1.54) is 16.0 Å². The summed E-state index contributed by atoms with van der Waals surface area (Å²) in [5.74, 6) is 0.211. The highest BCUT2D eigenvalue weighted by Gasteiger charge is 2.41. The third-order valence-electron chi connectivity index (χ3n) is 5.76. The van der Waals surface area contributed by atoms with E-state index in [0.29, 0.717) is 13.2 Å². The molecule has 1 aliphatic heterocycles. The molecule has 3 aromatic rings. The van der Waals surface area contributed by atoms with Crippen LogP contribution in [0.1, 0.15) is 38.3 Å². The predicted molar refractivity (Wildman–Crippen MR) is 131 cm³/mol. The van der Waals surface area contributed by atoms with Gasteiger partial charge in [-0.2, -0.15) is 0 Å². The second-order valence-electron chi connectivity index (χ2n) is 9.41. The molecule has 0 aliphatic carbocycles. The number of rotatable bonds is 8. The van der Waals surface area contributed by atoms with Gasteiger partial charge in [0.15, 0.2) is 5.79 Å². The van der Waals surface area contributed by atoms with Crippen molar-refractivity contribution in [2.75, 3.05) is 12.4 Å². The zero-order valence-corrected chi connectivity index (χ0v) is 20.5. The summed E-state index contributed by atoms with van der Waals surface area (Å²) >= 11 is 7.86. The van der Waals surface area contributed by atoms with Gasteiger partial charge in [0.1, 0.15) is 0 Å². The molecule has 0 N–H and O–H groups in total. The van der Waals surface area contributed by atoms with Crippen LogP contribution in [-0.4, -0.2) is 33.8 Å². The summed E-state index contributed by atoms with van der Waals surface area (Å²) in [6, 6.07) is 16.9. The summed E-state index contributed by atoms with van der Waals surface area (Å²) in [7, 11) is 0. The van der Waals surface area contributed by atoms with Gasteiger partial charge in [0, 0.05) is 34.5 Å². The molecule has 0 spiro atoms. The first-order valence-corrected chi connectivity index (χ1v) is 12.4. The Balaban J connectivity index is 1.38. The molecule has 0 bridgehead atoms. The highest BCUT2D eigenvalue weighted by atomic mass is 35.5. The maximum Gasteiger partial charge on any atom is 0.187 e. The van der Waals surface area contributed by atoms with Crippen LogP contribution in [0, 0.1) is 0 Å². The number of halogens is 1. The molecule has 1 saturated heterocycles. The highest BCUT2D eigenvalue weighted by molar-refractivity contribution is 7.99. The van der Waals surface area contributed by atoms with Crippen LogP contribution < -0.4 is 0 Å². The number of ether oxygens (including phenoxy) is 2. The van der Waals surface area contributed by atoms with Crippen LogP contribution in [0.15, 0.2) is 72.1 Å². The molecule has 0 amide bonds. The Kier molecular flexibility index (Phi) is 7.30. The van der Waals surface area contributed by atoms with Crippen molar-refractivity contribution in [3.05, 3.63) is 83.4 Å². The first-order valence-electron chi connectivity index (χ1n) is 11.1. The number of hydrogen-bond donors (Lipinski definition) is 0. The van der Waals surface area contributed by atoms with Crippen molar-refractivity contribution in [1.29, 1.82) is 0 Å². The zero-order valence-electron chi connectivity index (χ0n) is 19.0. The Labute approximate surface area is 200 Å². The number of aryl methyl sites for hydroxylation is 1. The van der Waals surface area contributed by atoms with E-state index in [9.17, 15) is 0 Å². The SMILES string of the molecule is CC(C)(C)c1ccc(SCC2COC(CCc3ccc(Cl)cc3)(Cn3ccnc3)O2)cc1. The highest BCUT2D eigenvalue weighted by Crippen LogP contribution is 2.34. The minimum atomic E-state index is -0.651. The molecular formula is C26H31ClN2O2S. The van der Waals surface area contributed by atoms with Gasteiger partial charge in [-0.05, 0) is 47.2 Å². The van der Waals surface area contributed by atoms with Gasteiger partial charge in [0.25, 0.3) is 0 Å². The van der Waals surface area contributed by atoms with Crippen molar-refractivity contribution in [2.45, 2.75) is 62.4 Å². The van der Waals surface area contributed by atoms with Crippen LogP contribution in [-0.2, 0) is 27.9 Å². The Morgan fingerprint density at radius 1 is 1.12 bits per heavy atom. The lowest BCUT2D eigenvalue weighted by molar-refractivity contribution is -0.180. The molecule has 1 fully saturated rings. The van der Waals surface area contributed by atoms with Crippen LogP contribution in [0.25, 0.3) is 0 Å². The van der Waals surface area contributed by atoms with Crippen LogP contribution >= 0.6 is 23.4 Å². The van der Waals surface area contributed by atoms with Crippen molar-refractivity contribution in [3.63, 3.8) is 0 Å². The number of imidazole rings is 1. The van der Waals surface area contributed by atoms with E-state index in [1.54, 1.807) is 6.20 Å². The summed E-state index contributed by atoms with van der Waals surface area (Å²) in [5.41, 5.74) is 2.75. The molecule has 4 rings (SSSR count). The van der Waals surface area contributed by atoms with Crippen LogP contribution in [0.2, 0.25) is 5.02 Å². The minimum Gasteiger partial charge on any atom is -0.345 e. The average Bonchev–Trinajstić information content (AvgIpc) is 3.42. The third-order valence-corrected chi connectivity index (χ3v) is 7.16. The molecule has 0 radical (unpaired) electrons. The summed E-state index contributed by atoms with van der Waals surface area (Å²) in [6.07, 6.45) is 7.24. The summed E-state index contributed by atoms with van der Waals surface area (Å²) in [6.45, 7) is 7.94. The van der Waals surface area contributed by atoms with E-state index in [1.807, 2.05) is 41.0 Å². The lowest BCUT2D eigenvalue weighted by Crippen LogP contribution is -2.37. The fourth-order valence-corrected chi connectivity index (χ4v) is 4.87. The lowest BCUT2D eigenvalue weighted by Gasteiger charge is -2.28. The van der Waals surface area contributed by atoms with E-state index < -0.39 is 5.79 Å². The van der Waals surface area contributed by atoms with Gasteiger partial charge in [0.2, 0.25) is 0 Å². The maximum atomic E-state index is 6.55. The first kappa shape index (κ1) is 23.4. The van der Waals surface area contributed by atoms with Gasteiger partial charge in [-0.1, -0.05) is 56.6 Å². The molecule has 2 unspecified atom stereocenters. The van der Waals surface area contributed by atoms with Gasteiger partial charge in [-0.15, -0.1) is 11.8 Å². The van der Waals surface area contributed by atoms with Gasteiger partial charge in [0.05, 0.1) is 25.6 Å². The van der Waals surface area contributed by atoms with Crippen LogP contribution in [0.5, 0.6) is 0 Å². The number of hydrogen-bond acceptors (Lipinski definition) is 4. The summed E-state index contributed by atoms with van der Waals surface area (Å²) in [4.78, 5) is 5.43. The van der Waals surface area contributed by atoms with E-state index in [0.717, 1.165) is 23.6 Å². The van der Waals surface area contributed by atoms with Crippen molar-refractivity contribution in [1.82, 2.24) is 9.55 Å². The number of benzene rings is 2. The van der Waals surface area contributed by atoms with E-state index >= 15 is 0 Å². The molecular weight excluding hydrogens is 440 g/mol. The lowest BCUT2D eigenvalue weighted by atomic mass is 9.87. The molecule has 170 valence electrons. The monoisotopic (exact) mass is 470 g/mol. The molecule has 6 heteroatoms. The normalized spacial score (nSPS) is 21.2.